The summed E-state index contributed by atoms with van der Waals surface area (Å²) in [6, 6.07) is 6.05. The molecule has 0 amide bonds. The topological polar surface area (TPSA) is 107 Å². The number of nitrogens with zero attached hydrogens (tertiary/aromatic N) is 5. The fourth-order valence-electron chi connectivity index (χ4n) is 3.16. The highest BCUT2D eigenvalue weighted by atomic mass is 35.5. The highest BCUT2D eigenvalue weighted by Gasteiger charge is 2.27. The molecule has 10 heteroatoms. The Morgan fingerprint density at radius 1 is 1.15 bits per heavy atom. The van der Waals surface area contributed by atoms with E-state index >= 15 is 0 Å². The summed E-state index contributed by atoms with van der Waals surface area (Å²) in [4.78, 5) is 11.0. The van der Waals surface area contributed by atoms with Crippen molar-refractivity contribution in [2.45, 2.75) is 31.8 Å². The number of aromatic nitrogens is 4. The molecule has 0 bridgehead atoms. The Bertz CT molecular complexity index is 868. The number of halogens is 2. The van der Waals surface area contributed by atoms with Crippen molar-refractivity contribution in [3.8, 4) is 11.4 Å². The van der Waals surface area contributed by atoms with E-state index in [1.54, 1.807) is 12.1 Å². The predicted molar refractivity (Wildman–Crippen MR) is 96.4 cm³/mol. The zero-order chi connectivity index (χ0) is 17.9. The van der Waals surface area contributed by atoms with Gasteiger partial charge in [-0.05, 0) is 43.7 Å². The molecule has 2 aromatic heterocycles. The average Bonchev–Trinajstić information content (AvgIpc) is 3.32. The fraction of sp³-hybridized carbons (Fsp3) is 0.412. The smallest absolute Gasteiger partial charge is 0.240 e. The molecule has 0 spiro atoms. The van der Waals surface area contributed by atoms with Gasteiger partial charge in [-0.15, -0.1) is 12.4 Å². The van der Waals surface area contributed by atoms with E-state index in [9.17, 15) is 4.39 Å². The zero-order valence-corrected chi connectivity index (χ0v) is 15.4. The summed E-state index contributed by atoms with van der Waals surface area (Å²) in [6.45, 7) is 2.56. The van der Waals surface area contributed by atoms with Crippen molar-refractivity contribution >= 4 is 12.4 Å². The van der Waals surface area contributed by atoms with Crippen molar-refractivity contribution < 1.29 is 13.4 Å². The lowest BCUT2D eigenvalue weighted by Crippen LogP contribution is -2.34. The summed E-state index contributed by atoms with van der Waals surface area (Å²) in [5.74, 6) is 2.00. The SMILES string of the molecule is Cl.NCc1nc(CN2CCCC(c3nc(-c4ccc(F)cc4)no3)C2)no1. The first-order valence-electron chi connectivity index (χ1n) is 8.54. The fourth-order valence-corrected chi connectivity index (χ4v) is 3.16. The van der Waals surface area contributed by atoms with Gasteiger partial charge in [0.1, 0.15) is 5.82 Å². The normalized spacial score (nSPS) is 17.6. The number of rotatable bonds is 5. The first kappa shape index (κ1) is 19.4. The van der Waals surface area contributed by atoms with Gasteiger partial charge in [0, 0.05) is 12.1 Å². The molecule has 8 nitrogen and oxygen atoms in total. The summed E-state index contributed by atoms with van der Waals surface area (Å²) in [7, 11) is 0. The van der Waals surface area contributed by atoms with Crippen molar-refractivity contribution in [3.05, 3.63) is 47.7 Å². The van der Waals surface area contributed by atoms with Crippen LogP contribution in [0.4, 0.5) is 4.39 Å². The number of hydrogen-bond acceptors (Lipinski definition) is 8. The molecule has 1 aliphatic heterocycles. The van der Waals surface area contributed by atoms with Gasteiger partial charge in [0.05, 0.1) is 19.0 Å². The third-order valence-electron chi connectivity index (χ3n) is 4.45. The lowest BCUT2D eigenvalue weighted by atomic mass is 9.98. The molecule has 2 N–H and O–H groups in total. The maximum Gasteiger partial charge on any atom is 0.240 e. The zero-order valence-electron chi connectivity index (χ0n) is 14.5. The molecule has 0 aliphatic carbocycles. The molecule has 4 rings (SSSR count). The molecule has 144 valence electrons. The Hall–Kier alpha value is -2.36. The predicted octanol–water partition coefficient (Wildman–Crippen LogP) is 2.52. The van der Waals surface area contributed by atoms with E-state index in [2.05, 4.69) is 25.2 Å². The maximum atomic E-state index is 13.1. The second-order valence-corrected chi connectivity index (χ2v) is 6.35. The summed E-state index contributed by atoms with van der Waals surface area (Å²) in [6.07, 6.45) is 1.99. The van der Waals surface area contributed by atoms with Gasteiger partial charge in [0.2, 0.25) is 17.6 Å². The van der Waals surface area contributed by atoms with Gasteiger partial charge in [0.25, 0.3) is 0 Å². The van der Waals surface area contributed by atoms with E-state index in [4.69, 9.17) is 14.8 Å². The minimum Gasteiger partial charge on any atom is -0.339 e. The number of benzene rings is 1. The molecule has 3 aromatic rings. The van der Waals surface area contributed by atoms with Crippen LogP contribution in [-0.4, -0.2) is 38.3 Å². The van der Waals surface area contributed by atoms with Crippen LogP contribution in [-0.2, 0) is 13.1 Å². The van der Waals surface area contributed by atoms with Crippen molar-refractivity contribution in [2.24, 2.45) is 5.73 Å². The summed E-state index contributed by atoms with van der Waals surface area (Å²) in [5.41, 5.74) is 6.23. The number of piperidine rings is 1. The Balaban J connectivity index is 0.00000210. The molecular formula is C17H20ClFN6O2. The van der Waals surface area contributed by atoms with Crippen molar-refractivity contribution in [2.75, 3.05) is 13.1 Å². The van der Waals surface area contributed by atoms with Crippen LogP contribution in [0.5, 0.6) is 0 Å². The molecule has 1 fully saturated rings. The minimum atomic E-state index is -0.292. The van der Waals surface area contributed by atoms with Crippen LogP contribution in [0.15, 0.2) is 33.3 Å². The first-order valence-corrected chi connectivity index (χ1v) is 8.54. The molecule has 1 saturated heterocycles. The van der Waals surface area contributed by atoms with E-state index in [0.29, 0.717) is 30.0 Å². The highest BCUT2D eigenvalue weighted by Crippen LogP contribution is 2.28. The quantitative estimate of drug-likeness (QED) is 0.703. The number of likely N-dealkylation sites (tertiary alicyclic amines) is 1. The second kappa shape index (κ2) is 8.55. The number of nitrogens with two attached hydrogens (primary N) is 1. The first-order chi connectivity index (χ1) is 12.7. The summed E-state index contributed by atoms with van der Waals surface area (Å²) < 4.78 is 23.6. The van der Waals surface area contributed by atoms with Crippen LogP contribution in [0.25, 0.3) is 11.4 Å². The van der Waals surface area contributed by atoms with Crippen LogP contribution >= 0.6 is 12.4 Å². The molecule has 27 heavy (non-hydrogen) atoms. The highest BCUT2D eigenvalue weighted by molar-refractivity contribution is 5.85. The molecule has 3 heterocycles. The van der Waals surface area contributed by atoms with Crippen LogP contribution < -0.4 is 5.73 Å². The molecule has 1 unspecified atom stereocenters. The summed E-state index contributed by atoms with van der Waals surface area (Å²) in [5, 5.41) is 7.97. The van der Waals surface area contributed by atoms with E-state index in [1.165, 1.54) is 12.1 Å². The maximum absolute atomic E-state index is 13.1. The van der Waals surface area contributed by atoms with Crippen LogP contribution in [0, 0.1) is 5.82 Å². The van der Waals surface area contributed by atoms with E-state index in [0.717, 1.165) is 31.5 Å². The third kappa shape index (κ3) is 4.49. The van der Waals surface area contributed by atoms with Gasteiger partial charge >= 0.3 is 0 Å². The molecular weight excluding hydrogens is 375 g/mol. The van der Waals surface area contributed by atoms with Gasteiger partial charge in [-0.3, -0.25) is 4.90 Å². The van der Waals surface area contributed by atoms with E-state index in [-0.39, 0.29) is 30.7 Å². The average molecular weight is 395 g/mol. The Morgan fingerprint density at radius 3 is 2.70 bits per heavy atom. The second-order valence-electron chi connectivity index (χ2n) is 6.35. The van der Waals surface area contributed by atoms with Crippen LogP contribution in [0.3, 0.4) is 0 Å². The third-order valence-corrected chi connectivity index (χ3v) is 4.45. The Kier molecular flexibility index (Phi) is 6.15. The lowest BCUT2D eigenvalue weighted by Gasteiger charge is -2.29. The van der Waals surface area contributed by atoms with Gasteiger partial charge in [-0.25, -0.2) is 4.39 Å². The van der Waals surface area contributed by atoms with Gasteiger partial charge < -0.3 is 14.8 Å². The lowest BCUT2D eigenvalue weighted by molar-refractivity contribution is 0.175. The molecule has 1 atom stereocenters. The van der Waals surface area contributed by atoms with Crippen molar-refractivity contribution in [1.29, 1.82) is 0 Å². The van der Waals surface area contributed by atoms with Gasteiger partial charge in [0.15, 0.2) is 5.82 Å². The molecule has 1 aromatic carbocycles. The van der Waals surface area contributed by atoms with Gasteiger partial charge in [-0.2, -0.15) is 9.97 Å². The van der Waals surface area contributed by atoms with E-state index < -0.39 is 0 Å². The van der Waals surface area contributed by atoms with Crippen LogP contribution in [0.1, 0.15) is 36.4 Å². The van der Waals surface area contributed by atoms with E-state index in [1.807, 2.05) is 0 Å². The molecule has 0 radical (unpaired) electrons. The number of hydrogen-bond donors (Lipinski definition) is 1. The molecule has 1 aliphatic rings. The Labute approximate surface area is 161 Å². The van der Waals surface area contributed by atoms with Gasteiger partial charge in [-0.1, -0.05) is 10.3 Å². The van der Waals surface area contributed by atoms with Crippen molar-refractivity contribution in [1.82, 2.24) is 25.2 Å². The summed E-state index contributed by atoms with van der Waals surface area (Å²) >= 11 is 0. The largest absolute Gasteiger partial charge is 0.339 e. The van der Waals surface area contributed by atoms with Crippen molar-refractivity contribution in [3.63, 3.8) is 0 Å². The Morgan fingerprint density at radius 2 is 1.96 bits per heavy atom. The molecule has 0 saturated carbocycles. The minimum absolute atomic E-state index is 0. The standard InChI is InChI=1S/C17H19FN6O2.ClH/c18-13-5-3-11(4-6-13)16-21-17(26-23-16)12-2-1-7-24(9-12)10-14-20-15(8-19)25-22-14;/h3-6,12H,1-2,7-10,19H2;1H. The monoisotopic (exact) mass is 394 g/mol. The van der Waals surface area contributed by atoms with Crippen LogP contribution in [0.2, 0.25) is 0 Å².